The van der Waals surface area contributed by atoms with E-state index in [0.29, 0.717) is 18.1 Å². The first-order valence-electron chi connectivity index (χ1n) is 8.89. The molecule has 1 aliphatic rings. The Labute approximate surface area is 161 Å². The molecule has 0 aliphatic carbocycles. The summed E-state index contributed by atoms with van der Waals surface area (Å²) < 4.78 is 0. The van der Waals surface area contributed by atoms with Crippen molar-refractivity contribution < 1.29 is 4.79 Å². The molecule has 4 heterocycles. The summed E-state index contributed by atoms with van der Waals surface area (Å²) in [4.78, 5) is 32.1. The minimum absolute atomic E-state index is 0.000778. The quantitative estimate of drug-likeness (QED) is 0.731. The van der Waals surface area contributed by atoms with Crippen LogP contribution < -0.4 is 5.32 Å². The van der Waals surface area contributed by atoms with Crippen molar-refractivity contribution in [1.29, 1.82) is 0 Å². The number of pyridine rings is 1. The third kappa shape index (κ3) is 4.11. The Morgan fingerprint density at radius 3 is 3.00 bits per heavy atom. The number of aryl methyl sites for hydroxylation is 1. The Bertz CT molecular complexity index is 929. The van der Waals surface area contributed by atoms with Crippen LogP contribution in [0.5, 0.6) is 0 Å². The SMILES string of the molecule is Cc1nc(CC(=O)N2CCC[C@@H]2c2cccc(Nc3cnccn3)n2)cs1. The predicted molar refractivity (Wildman–Crippen MR) is 104 cm³/mol. The van der Waals surface area contributed by atoms with Gasteiger partial charge in [-0.25, -0.2) is 15.0 Å². The van der Waals surface area contributed by atoms with Gasteiger partial charge in [-0.15, -0.1) is 11.3 Å². The lowest BCUT2D eigenvalue weighted by molar-refractivity contribution is -0.131. The molecule has 138 valence electrons. The van der Waals surface area contributed by atoms with E-state index in [9.17, 15) is 4.79 Å². The van der Waals surface area contributed by atoms with E-state index in [-0.39, 0.29) is 11.9 Å². The lowest BCUT2D eigenvalue weighted by Crippen LogP contribution is -2.32. The molecular weight excluding hydrogens is 360 g/mol. The van der Waals surface area contributed by atoms with Gasteiger partial charge in [0.1, 0.15) is 11.6 Å². The minimum Gasteiger partial charge on any atom is -0.334 e. The number of carbonyl (C=O) groups is 1. The number of likely N-dealkylation sites (tertiary alicyclic amines) is 1. The Kier molecular flexibility index (Phi) is 5.06. The van der Waals surface area contributed by atoms with Crippen LogP contribution in [0.25, 0.3) is 0 Å². The molecule has 27 heavy (non-hydrogen) atoms. The maximum atomic E-state index is 12.8. The fourth-order valence-electron chi connectivity index (χ4n) is 3.32. The van der Waals surface area contributed by atoms with Crippen molar-refractivity contribution >= 4 is 28.9 Å². The molecule has 7 nitrogen and oxygen atoms in total. The van der Waals surface area contributed by atoms with Crippen molar-refractivity contribution in [2.24, 2.45) is 0 Å². The van der Waals surface area contributed by atoms with Crippen molar-refractivity contribution in [2.45, 2.75) is 32.2 Å². The molecule has 4 rings (SSSR count). The van der Waals surface area contributed by atoms with Gasteiger partial charge in [0.15, 0.2) is 0 Å². The largest absolute Gasteiger partial charge is 0.334 e. The van der Waals surface area contributed by atoms with Gasteiger partial charge in [-0.05, 0) is 31.9 Å². The van der Waals surface area contributed by atoms with Gasteiger partial charge in [-0.2, -0.15) is 0 Å². The van der Waals surface area contributed by atoms with Crippen LogP contribution in [0.1, 0.15) is 35.3 Å². The minimum atomic E-state index is 0.000778. The van der Waals surface area contributed by atoms with Crippen LogP contribution in [-0.4, -0.2) is 37.3 Å². The number of aromatic nitrogens is 4. The molecule has 1 fully saturated rings. The molecule has 0 unspecified atom stereocenters. The molecule has 0 bridgehead atoms. The molecule has 3 aromatic rings. The lowest BCUT2D eigenvalue weighted by Gasteiger charge is -2.24. The van der Waals surface area contributed by atoms with Crippen LogP contribution in [0.4, 0.5) is 11.6 Å². The van der Waals surface area contributed by atoms with Gasteiger partial charge in [-0.1, -0.05) is 6.07 Å². The second-order valence-corrected chi connectivity index (χ2v) is 7.51. The van der Waals surface area contributed by atoms with Crippen molar-refractivity contribution in [3.8, 4) is 0 Å². The van der Waals surface area contributed by atoms with Gasteiger partial charge in [0.25, 0.3) is 0 Å². The number of nitrogens with zero attached hydrogens (tertiary/aromatic N) is 5. The van der Waals surface area contributed by atoms with E-state index < -0.39 is 0 Å². The Balaban J connectivity index is 1.49. The number of carbonyl (C=O) groups excluding carboxylic acids is 1. The first-order chi connectivity index (χ1) is 13.2. The zero-order chi connectivity index (χ0) is 18.6. The van der Waals surface area contributed by atoms with Crippen LogP contribution >= 0.6 is 11.3 Å². The monoisotopic (exact) mass is 380 g/mol. The van der Waals surface area contributed by atoms with Gasteiger partial charge < -0.3 is 10.2 Å². The number of thiazole rings is 1. The van der Waals surface area contributed by atoms with Crippen molar-refractivity contribution in [1.82, 2.24) is 24.8 Å². The molecule has 0 aromatic carbocycles. The van der Waals surface area contributed by atoms with Gasteiger partial charge in [0.05, 0.1) is 35.1 Å². The number of rotatable bonds is 5. The highest BCUT2D eigenvalue weighted by Crippen LogP contribution is 2.32. The molecular formula is C19H20N6OS. The van der Waals surface area contributed by atoms with Crippen LogP contribution in [-0.2, 0) is 11.2 Å². The molecule has 0 radical (unpaired) electrons. The zero-order valence-electron chi connectivity index (χ0n) is 15.0. The molecule has 1 atom stereocenters. The molecule has 8 heteroatoms. The van der Waals surface area contributed by atoms with E-state index in [4.69, 9.17) is 4.98 Å². The van der Waals surface area contributed by atoms with E-state index in [1.54, 1.807) is 29.9 Å². The van der Waals surface area contributed by atoms with Crippen molar-refractivity contribution in [3.63, 3.8) is 0 Å². The molecule has 0 saturated carbocycles. The van der Waals surface area contributed by atoms with Gasteiger partial charge >= 0.3 is 0 Å². The summed E-state index contributed by atoms with van der Waals surface area (Å²) in [5, 5.41) is 6.10. The van der Waals surface area contributed by atoms with Gasteiger partial charge in [-0.3, -0.25) is 9.78 Å². The smallest absolute Gasteiger partial charge is 0.229 e. The summed E-state index contributed by atoms with van der Waals surface area (Å²) in [6, 6.07) is 5.81. The Morgan fingerprint density at radius 1 is 1.30 bits per heavy atom. The summed E-state index contributed by atoms with van der Waals surface area (Å²) in [6.45, 7) is 2.72. The second kappa shape index (κ2) is 7.79. The fourth-order valence-corrected chi connectivity index (χ4v) is 3.93. The molecule has 1 saturated heterocycles. The Hall–Kier alpha value is -2.87. The normalized spacial score (nSPS) is 16.5. The Morgan fingerprint density at radius 2 is 2.22 bits per heavy atom. The average molecular weight is 380 g/mol. The maximum absolute atomic E-state index is 12.8. The number of amides is 1. The standard InChI is InChI=1S/C19H20N6OS/c1-13-22-14(12-27-13)10-19(26)25-9-3-5-16(25)15-4-2-6-17(23-15)24-18-11-20-7-8-21-18/h2,4,6-8,11-12,16H,3,5,9-10H2,1H3,(H,21,23,24)/t16-/m1/s1. The summed E-state index contributed by atoms with van der Waals surface area (Å²) in [5.41, 5.74) is 1.74. The first kappa shape index (κ1) is 17.5. The third-order valence-corrected chi connectivity index (χ3v) is 5.33. The summed E-state index contributed by atoms with van der Waals surface area (Å²) in [6.07, 6.45) is 7.15. The van der Waals surface area contributed by atoms with Crippen LogP contribution in [0.3, 0.4) is 0 Å². The number of hydrogen-bond acceptors (Lipinski definition) is 7. The summed E-state index contributed by atoms with van der Waals surface area (Å²) in [7, 11) is 0. The highest BCUT2D eigenvalue weighted by molar-refractivity contribution is 7.09. The van der Waals surface area contributed by atoms with Crippen molar-refractivity contribution in [2.75, 3.05) is 11.9 Å². The number of hydrogen-bond donors (Lipinski definition) is 1. The topological polar surface area (TPSA) is 83.9 Å². The summed E-state index contributed by atoms with van der Waals surface area (Å²) in [5.74, 6) is 1.44. The number of nitrogens with one attached hydrogen (secondary N) is 1. The van der Waals surface area contributed by atoms with E-state index in [1.165, 1.54) is 0 Å². The van der Waals surface area contributed by atoms with E-state index >= 15 is 0 Å². The molecule has 0 spiro atoms. The lowest BCUT2D eigenvalue weighted by atomic mass is 10.1. The molecule has 3 aromatic heterocycles. The van der Waals surface area contributed by atoms with Crippen LogP contribution in [0, 0.1) is 6.92 Å². The molecule has 1 N–H and O–H groups in total. The third-order valence-electron chi connectivity index (χ3n) is 4.50. The predicted octanol–water partition coefficient (Wildman–Crippen LogP) is 3.29. The summed E-state index contributed by atoms with van der Waals surface area (Å²) >= 11 is 1.58. The van der Waals surface area contributed by atoms with E-state index in [2.05, 4.69) is 20.3 Å². The van der Waals surface area contributed by atoms with Gasteiger partial charge in [0.2, 0.25) is 5.91 Å². The van der Waals surface area contributed by atoms with Crippen LogP contribution in [0.2, 0.25) is 0 Å². The highest BCUT2D eigenvalue weighted by atomic mass is 32.1. The van der Waals surface area contributed by atoms with Crippen molar-refractivity contribution in [3.05, 3.63) is 58.6 Å². The van der Waals surface area contributed by atoms with Crippen LogP contribution in [0.15, 0.2) is 42.2 Å². The first-order valence-corrected chi connectivity index (χ1v) is 9.77. The zero-order valence-corrected chi connectivity index (χ0v) is 15.8. The van der Waals surface area contributed by atoms with E-state index in [1.807, 2.05) is 35.4 Å². The molecule has 1 amide bonds. The number of anilines is 2. The van der Waals surface area contributed by atoms with Gasteiger partial charge in [0, 0.05) is 24.3 Å². The highest BCUT2D eigenvalue weighted by Gasteiger charge is 2.31. The second-order valence-electron chi connectivity index (χ2n) is 6.44. The average Bonchev–Trinajstić information content (AvgIpc) is 3.32. The molecule has 1 aliphatic heterocycles. The van der Waals surface area contributed by atoms with E-state index in [0.717, 1.165) is 35.8 Å². The fraction of sp³-hybridized carbons (Fsp3) is 0.316. The maximum Gasteiger partial charge on any atom is 0.229 e.